The molecule has 10 heteroatoms. The number of para-hydroxylation sites is 1. The summed E-state index contributed by atoms with van der Waals surface area (Å²) in [6.45, 7) is 5.86. The number of fused-ring (bicyclic) bond motifs is 2. The molecule has 0 aliphatic carbocycles. The zero-order valence-electron chi connectivity index (χ0n) is 23.0. The molecule has 0 bridgehead atoms. The van der Waals surface area contributed by atoms with Crippen LogP contribution in [0.3, 0.4) is 0 Å². The molecule has 1 unspecified atom stereocenters. The van der Waals surface area contributed by atoms with Crippen molar-refractivity contribution in [2.24, 2.45) is 11.3 Å². The molecule has 2 saturated heterocycles. The van der Waals surface area contributed by atoms with Gasteiger partial charge in [-0.05, 0) is 42.0 Å². The van der Waals surface area contributed by atoms with Gasteiger partial charge < -0.3 is 15.1 Å². The highest BCUT2D eigenvalue weighted by atomic mass is 32.2. The topological polar surface area (TPSA) is 128 Å². The first-order valence-corrected chi connectivity index (χ1v) is 15.2. The average Bonchev–Trinajstić information content (AvgIpc) is 3.63. The highest BCUT2D eigenvalue weighted by molar-refractivity contribution is 7.91. The van der Waals surface area contributed by atoms with Crippen LogP contribution in [0.15, 0.2) is 59.5 Å². The molecule has 4 atom stereocenters. The van der Waals surface area contributed by atoms with E-state index in [1.807, 2.05) is 39.0 Å². The van der Waals surface area contributed by atoms with Crippen LogP contribution in [-0.2, 0) is 29.6 Å². The minimum absolute atomic E-state index is 0.0521. The summed E-state index contributed by atoms with van der Waals surface area (Å²) < 4.78 is 26.5. The van der Waals surface area contributed by atoms with Gasteiger partial charge in [0.05, 0.1) is 28.1 Å². The average molecular weight is 563 g/mol. The monoisotopic (exact) mass is 562 g/mol. The van der Waals surface area contributed by atoms with Crippen molar-refractivity contribution in [1.29, 1.82) is 5.26 Å². The number of rotatable bonds is 5. The van der Waals surface area contributed by atoms with Crippen molar-refractivity contribution in [3.05, 3.63) is 60.2 Å². The predicted octanol–water partition coefficient (Wildman–Crippen LogP) is 3.13. The lowest BCUT2D eigenvalue weighted by atomic mass is 9.80. The largest absolute Gasteiger partial charge is 0.330 e. The Labute approximate surface area is 235 Å². The second-order valence-corrected chi connectivity index (χ2v) is 14.1. The van der Waals surface area contributed by atoms with Crippen LogP contribution < -0.4 is 5.32 Å². The fourth-order valence-electron chi connectivity index (χ4n) is 6.30. The van der Waals surface area contributed by atoms with Gasteiger partial charge in [0.2, 0.25) is 17.7 Å². The van der Waals surface area contributed by atoms with Gasteiger partial charge >= 0.3 is 0 Å². The van der Waals surface area contributed by atoms with Crippen LogP contribution in [0.5, 0.6) is 0 Å². The fraction of sp³-hybridized carbons (Fsp3) is 0.467. The lowest BCUT2D eigenvalue weighted by Gasteiger charge is -2.36. The van der Waals surface area contributed by atoms with Crippen molar-refractivity contribution in [1.82, 2.24) is 9.80 Å². The molecule has 3 heterocycles. The van der Waals surface area contributed by atoms with Crippen molar-refractivity contribution < 1.29 is 22.8 Å². The summed E-state index contributed by atoms with van der Waals surface area (Å²) in [6, 6.07) is 15.9. The van der Waals surface area contributed by atoms with Gasteiger partial charge in [0, 0.05) is 25.2 Å². The van der Waals surface area contributed by atoms with Crippen molar-refractivity contribution in [3.63, 3.8) is 0 Å². The van der Waals surface area contributed by atoms with E-state index in [0.717, 1.165) is 5.56 Å². The predicted molar refractivity (Wildman–Crippen MR) is 149 cm³/mol. The standard InChI is InChI=1S/C30H34N4O5S/c1-29(2,3)23(18-40(38,39)21-10-5-4-6-11-21)26(35)33-15-9-14-25(33)27(36)34-19-30(16-20(34)17-31)22-12-7-8-13-24(22)32-28(30)37/h4-8,10-13,20,23,25H,9,14-16,18-19H2,1-3H3,(H,32,37)/t20-,23?,25-,30-/m0/s1. The summed E-state index contributed by atoms with van der Waals surface area (Å²) in [5, 5.41) is 12.9. The maximum atomic E-state index is 14.0. The van der Waals surface area contributed by atoms with Crippen molar-refractivity contribution >= 4 is 33.2 Å². The van der Waals surface area contributed by atoms with Gasteiger partial charge in [-0.15, -0.1) is 0 Å². The molecule has 5 rings (SSSR count). The molecule has 3 amide bonds. The Morgan fingerprint density at radius 3 is 2.45 bits per heavy atom. The Morgan fingerprint density at radius 1 is 1.10 bits per heavy atom. The van der Waals surface area contributed by atoms with Gasteiger partial charge in [-0.3, -0.25) is 14.4 Å². The van der Waals surface area contributed by atoms with E-state index >= 15 is 0 Å². The van der Waals surface area contributed by atoms with Crippen LogP contribution in [-0.4, -0.2) is 66.9 Å². The Balaban J connectivity index is 1.41. The Bertz CT molecular complexity index is 1490. The van der Waals surface area contributed by atoms with Crippen LogP contribution in [0.1, 0.15) is 45.6 Å². The summed E-state index contributed by atoms with van der Waals surface area (Å²) >= 11 is 0. The van der Waals surface area contributed by atoms with E-state index in [1.165, 1.54) is 21.9 Å². The number of nitrogens with zero attached hydrogens (tertiary/aromatic N) is 3. The molecule has 0 saturated carbocycles. The molecule has 40 heavy (non-hydrogen) atoms. The number of hydrogen-bond acceptors (Lipinski definition) is 6. The number of benzene rings is 2. The number of nitrogens with one attached hydrogen (secondary N) is 1. The Morgan fingerprint density at radius 2 is 1.77 bits per heavy atom. The van der Waals surface area contributed by atoms with Crippen molar-refractivity contribution in [2.45, 2.75) is 62.4 Å². The van der Waals surface area contributed by atoms with Gasteiger partial charge in [-0.2, -0.15) is 5.26 Å². The minimum atomic E-state index is -3.76. The highest BCUT2D eigenvalue weighted by Gasteiger charge is 2.57. The number of sulfone groups is 1. The molecule has 1 spiro atoms. The van der Waals surface area contributed by atoms with Gasteiger partial charge in [-0.1, -0.05) is 57.2 Å². The SMILES string of the molecule is CC(C)(C)C(CS(=O)(=O)c1ccccc1)C(=O)N1CCC[C@H]1C(=O)N1C[C@]2(C[C@H]1C#N)C(=O)Nc1ccccc12. The molecular formula is C30H34N4O5S. The van der Waals surface area contributed by atoms with Gasteiger partial charge in [0.15, 0.2) is 9.84 Å². The normalized spacial score (nSPS) is 25.0. The van der Waals surface area contributed by atoms with E-state index in [2.05, 4.69) is 11.4 Å². The zero-order chi connectivity index (χ0) is 28.9. The van der Waals surface area contributed by atoms with Gasteiger partial charge in [0.1, 0.15) is 12.1 Å². The van der Waals surface area contributed by atoms with E-state index in [4.69, 9.17) is 0 Å². The maximum absolute atomic E-state index is 14.0. The van der Waals surface area contributed by atoms with Crippen molar-refractivity contribution in [3.8, 4) is 6.07 Å². The van der Waals surface area contributed by atoms with Gasteiger partial charge in [-0.25, -0.2) is 8.42 Å². The summed E-state index contributed by atoms with van der Waals surface area (Å²) in [6.07, 6.45) is 1.18. The number of nitriles is 1. The zero-order valence-corrected chi connectivity index (χ0v) is 23.8. The second kappa shape index (κ2) is 10.0. The summed E-state index contributed by atoms with van der Waals surface area (Å²) in [5.41, 5.74) is -0.247. The molecule has 2 fully saturated rings. The number of hydrogen-bond donors (Lipinski definition) is 1. The summed E-state index contributed by atoms with van der Waals surface area (Å²) in [5.74, 6) is -2.24. The van der Waals surface area contributed by atoms with Crippen LogP contribution in [0.25, 0.3) is 0 Å². The molecule has 2 aromatic rings. The molecule has 2 aromatic carbocycles. The molecule has 3 aliphatic rings. The molecular weight excluding hydrogens is 528 g/mol. The first-order chi connectivity index (χ1) is 18.9. The van der Waals surface area contributed by atoms with Crippen LogP contribution in [0, 0.1) is 22.7 Å². The van der Waals surface area contributed by atoms with Gasteiger partial charge in [0.25, 0.3) is 0 Å². The van der Waals surface area contributed by atoms with E-state index in [1.54, 1.807) is 24.3 Å². The lowest BCUT2D eigenvalue weighted by Crippen LogP contribution is -2.53. The smallest absolute Gasteiger partial charge is 0.246 e. The third-order valence-electron chi connectivity index (χ3n) is 8.57. The van der Waals surface area contributed by atoms with Crippen LogP contribution in [0.4, 0.5) is 5.69 Å². The van der Waals surface area contributed by atoms with Crippen LogP contribution >= 0.6 is 0 Å². The molecule has 0 radical (unpaired) electrons. The van der Waals surface area contributed by atoms with Crippen molar-refractivity contribution in [2.75, 3.05) is 24.2 Å². The Kier molecular flexibility index (Phi) is 6.99. The third kappa shape index (κ3) is 4.66. The quantitative estimate of drug-likeness (QED) is 0.597. The third-order valence-corrected chi connectivity index (χ3v) is 10.3. The first kappa shape index (κ1) is 27.8. The van der Waals surface area contributed by atoms with Crippen LogP contribution in [0.2, 0.25) is 0 Å². The first-order valence-electron chi connectivity index (χ1n) is 13.6. The maximum Gasteiger partial charge on any atom is 0.246 e. The molecule has 3 aliphatic heterocycles. The Hall–Kier alpha value is -3.71. The molecule has 9 nitrogen and oxygen atoms in total. The number of likely N-dealkylation sites (tertiary alicyclic amines) is 2. The second-order valence-electron chi connectivity index (χ2n) is 12.1. The number of carbonyl (C=O) groups is 3. The lowest BCUT2D eigenvalue weighted by molar-refractivity contribution is -0.147. The fourth-order valence-corrected chi connectivity index (χ4v) is 8.15. The number of amides is 3. The number of carbonyl (C=O) groups excluding carboxylic acids is 3. The van der Waals surface area contributed by atoms with E-state index in [9.17, 15) is 28.1 Å². The highest BCUT2D eigenvalue weighted by Crippen LogP contribution is 2.46. The molecule has 0 aromatic heterocycles. The van der Waals surface area contributed by atoms with E-state index in [-0.39, 0.29) is 41.3 Å². The molecule has 210 valence electrons. The summed E-state index contributed by atoms with van der Waals surface area (Å²) in [7, 11) is -3.76. The molecule has 1 N–H and O–H groups in total. The summed E-state index contributed by atoms with van der Waals surface area (Å²) in [4.78, 5) is 44.3. The number of anilines is 1. The van der Waals surface area contributed by atoms with E-state index in [0.29, 0.717) is 25.1 Å². The minimum Gasteiger partial charge on any atom is -0.330 e. The van der Waals surface area contributed by atoms with E-state index < -0.39 is 38.7 Å².